The quantitative estimate of drug-likeness (QED) is 0.566. The topological polar surface area (TPSA) is 94.3 Å². The van der Waals surface area contributed by atoms with Crippen LogP contribution in [0.1, 0.15) is 5.82 Å². The van der Waals surface area contributed by atoms with E-state index in [1.165, 1.54) is 16.3 Å². The van der Waals surface area contributed by atoms with E-state index in [9.17, 15) is 4.79 Å². The van der Waals surface area contributed by atoms with Crippen molar-refractivity contribution in [1.82, 2.24) is 34.5 Å². The molecule has 8 nitrogen and oxygen atoms in total. The number of rotatable bonds is 3. The predicted octanol–water partition coefficient (Wildman–Crippen LogP) is 0.731. The smallest absolute Gasteiger partial charge is 0.273 e. The van der Waals surface area contributed by atoms with Crippen LogP contribution in [-0.4, -0.2) is 34.5 Å². The number of H-pyrrole nitrogens is 1. The lowest BCUT2D eigenvalue weighted by molar-refractivity contribution is 0.764. The van der Waals surface area contributed by atoms with E-state index in [1.807, 2.05) is 0 Å². The van der Waals surface area contributed by atoms with Crippen molar-refractivity contribution >= 4 is 34.4 Å². The van der Waals surface area contributed by atoms with Gasteiger partial charge in [0.25, 0.3) is 0 Å². The van der Waals surface area contributed by atoms with E-state index in [2.05, 4.69) is 25.3 Å². The molecule has 3 aromatic heterocycles. The van der Waals surface area contributed by atoms with E-state index in [4.69, 9.17) is 11.6 Å². The van der Waals surface area contributed by atoms with E-state index in [0.717, 1.165) is 5.39 Å². The van der Waals surface area contributed by atoms with Crippen LogP contribution in [-0.2, 0) is 19.8 Å². The predicted molar refractivity (Wildman–Crippen MR) is 74.7 cm³/mol. The second-order valence-electron chi connectivity index (χ2n) is 4.10. The first-order valence-electron chi connectivity index (χ1n) is 5.64. The second kappa shape index (κ2) is 4.91. The van der Waals surface area contributed by atoms with Gasteiger partial charge in [0.15, 0.2) is 10.8 Å². The minimum absolute atomic E-state index is 0.256. The highest BCUT2D eigenvalue weighted by molar-refractivity contribution is 7.98. The third kappa shape index (κ3) is 2.18. The molecule has 0 bridgehead atoms. The van der Waals surface area contributed by atoms with Crippen molar-refractivity contribution in [3.8, 4) is 0 Å². The first-order valence-corrected chi connectivity index (χ1v) is 7.01. The molecule has 0 unspecified atom stereocenters. The minimum atomic E-state index is -0.256. The Balaban J connectivity index is 1.89. The van der Waals surface area contributed by atoms with Crippen LogP contribution in [0.2, 0.25) is 5.15 Å². The zero-order chi connectivity index (χ0) is 14.3. The molecule has 3 aromatic rings. The fourth-order valence-corrected chi connectivity index (χ4v) is 2.69. The van der Waals surface area contributed by atoms with Crippen molar-refractivity contribution in [2.24, 2.45) is 14.1 Å². The molecule has 0 radical (unpaired) electrons. The Kier molecular flexibility index (Phi) is 3.22. The van der Waals surface area contributed by atoms with Crippen LogP contribution in [0.15, 0.2) is 16.1 Å². The van der Waals surface area contributed by atoms with Gasteiger partial charge >= 0.3 is 5.69 Å². The van der Waals surface area contributed by atoms with Gasteiger partial charge < -0.3 is 0 Å². The van der Waals surface area contributed by atoms with Gasteiger partial charge in [-0.2, -0.15) is 5.10 Å². The number of aromatic amines is 1. The van der Waals surface area contributed by atoms with Gasteiger partial charge in [-0.05, 0) is 0 Å². The molecule has 1 N–H and O–H groups in total. The number of thioether (sulfide) groups is 1. The summed E-state index contributed by atoms with van der Waals surface area (Å²) in [7, 11) is 3.44. The van der Waals surface area contributed by atoms with Crippen LogP contribution >= 0.6 is 23.4 Å². The number of nitrogens with one attached hydrogen (secondary N) is 1. The van der Waals surface area contributed by atoms with Gasteiger partial charge in [0.2, 0.25) is 0 Å². The van der Waals surface area contributed by atoms with Crippen LogP contribution < -0.4 is 5.69 Å². The molecule has 0 atom stereocenters. The van der Waals surface area contributed by atoms with Gasteiger partial charge in [-0.1, -0.05) is 23.4 Å². The van der Waals surface area contributed by atoms with Gasteiger partial charge in [-0.3, -0.25) is 9.25 Å². The average molecular weight is 312 g/mol. The lowest BCUT2D eigenvalue weighted by Gasteiger charge is -2.02. The number of aryl methyl sites for hydroxylation is 1. The Morgan fingerprint density at radius 1 is 1.40 bits per heavy atom. The molecule has 0 amide bonds. The van der Waals surface area contributed by atoms with Crippen molar-refractivity contribution in [2.45, 2.75) is 10.9 Å². The maximum atomic E-state index is 11.3. The molecular formula is C10H10ClN7OS. The fraction of sp³-hybridized carbons (Fsp3) is 0.300. The molecule has 0 fully saturated rings. The van der Waals surface area contributed by atoms with Gasteiger partial charge in [-0.25, -0.2) is 19.9 Å². The molecule has 104 valence electrons. The van der Waals surface area contributed by atoms with Crippen LogP contribution in [0.4, 0.5) is 0 Å². The van der Waals surface area contributed by atoms with Crippen LogP contribution in [0.5, 0.6) is 0 Å². The number of nitrogens with zero attached hydrogens (tertiary/aromatic N) is 6. The van der Waals surface area contributed by atoms with Crippen molar-refractivity contribution in [3.63, 3.8) is 0 Å². The third-order valence-corrected chi connectivity index (χ3v) is 4.08. The molecule has 0 aliphatic rings. The summed E-state index contributed by atoms with van der Waals surface area (Å²) in [5, 5.41) is 12.0. The molecule has 10 heteroatoms. The molecule has 0 aliphatic carbocycles. The van der Waals surface area contributed by atoms with Crippen LogP contribution in [0, 0.1) is 0 Å². The largest absolute Gasteiger partial charge is 0.343 e. The fourth-order valence-electron chi connectivity index (χ4n) is 1.69. The molecule has 3 rings (SSSR count). The maximum absolute atomic E-state index is 11.3. The Labute approximate surface area is 122 Å². The summed E-state index contributed by atoms with van der Waals surface area (Å²) < 4.78 is 3.07. The Morgan fingerprint density at radius 2 is 2.20 bits per heavy atom. The summed E-state index contributed by atoms with van der Waals surface area (Å²) in [6.45, 7) is 0. The van der Waals surface area contributed by atoms with Gasteiger partial charge in [0, 0.05) is 14.1 Å². The summed E-state index contributed by atoms with van der Waals surface area (Å²) in [5.41, 5.74) is 0.421. The Morgan fingerprint density at radius 3 is 2.90 bits per heavy atom. The van der Waals surface area contributed by atoms with Crippen LogP contribution in [0.25, 0.3) is 11.0 Å². The van der Waals surface area contributed by atoms with Gasteiger partial charge in [0.1, 0.15) is 11.0 Å². The third-order valence-electron chi connectivity index (χ3n) is 2.76. The van der Waals surface area contributed by atoms with Gasteiger partial charge in [0.05, 0.1) is 17.3 Å². The summed E-state index contributed by atoms with van der Waals surface area (Å²) in [6, 6.07) is 0. The summed E-state index contributed by atoms with van der Waals surface area (Å²) in [4.78, 5) is 19.9. The minimum Gasteiger partial charge on any atom is -0.273 e. The molecule has 0 spiro atoms. The van der Waals surface area contributed by atoms with E-state index >= 15 is 0 Å². The van der Waals surface area contributed by atoms with E-state index in [0.29, 0.717) is 27.5 Å². The van der Waals surface area contributed by atoms with E-state index in [1.54, 1.807) is 25.0 Å². The van der Waals surface area contributed by atoms with Gasteiger partial charge in [-0.15, -0.1) is 5.10 Å². The number of aromatic nitrogens is 7. The zero-order valence-corrected chi connectivity index (χ0v) is 12.2. The normalized spacial score (nSPS) is 11.3. The van der Waals surface area contributed by atoms with Crippen molar-refractivity contribution < 1.29 is 0 Å². The first kappa shape index (κ1) is 13.1. The van der Waals surface area contributed by atoms with E-state index < -0.39 is 0 Å². The average Bonchev–Trinajstić information content (AvgIpc) is 2.94. The summed E-state index contributed by atoms with van der Waals surface area (Å²) in [5.74, 6) is 1.02. The molecule has 0 aromatic carbocycles. The summed E-state index contributed by atoms with van der Waals surface area (Å²) >= 11 is 7.46. The van der Waals surface area contributed by atoms with E-state index in [-0.39, 0.29) is 5.69 Å². The highest BCUT2D eigenvalue weighted by atomic mass is 35.5. The summed E-state index contributed by atoms with van der Waals surface area (Å²) in [6.07, 6.45) is 1.63. The molecule has 3 heterocycles. The lowest BCUT2D eigenvalue weighted by atomic mass is 10.4. The standard InChI is InChI=1S/C10H10ClN7OS/c1-17-9(19)15-16-10(17)20-4-6-13-7(11)5-3-12-18(2)8(5)14-6/h3H,4H2,1-2H3,(H,15,19). The number of hydrogen-bond acceptors (Lipinski definition) is 6. The molecule has 0 aliphatic heterocycles. The van der Waals surface area contributed by atoms with Crippen molar-refractivity contribution in [2.75, 3.05) is 0 Å². The monoisotopic (exact) mass is 311 g/mol. The highest BCUT2D eigenvalue weighted by Gasteiger charge is 2.11. The van der Waals surface area contributed by atoms with Crippen molar-refractivity contribution in [1.29, 1.82) is 0 Å². The first-order chi connectivity index (χ1) is 9.56. The lowest BCUT2D eigenvalue weighted by Crippen LogP contribution is -2.12. The molecule has 20 heavy (non-hydrogen) atoms. The van der Waals surface area contributed by atoms with Crippen LogP contribution in [0.3, 0.4) is 0 Å². The number of fused-ring (bicyclic) bond motifs is 1. The number of hydrogen-bond donors (Lipinski definition) is 1. The second-order valence-corrected chi connectivity index (χ2v) is 5.40. The molecule has 0 saturated carbocycles. The Hall–Kier alpha value is -1.87. The zero-order valence-electron chi connectivity index (χ0n) is 10.7. The molecular weight excluding hydrogens is 302 g/mol. The highest BCUT2D eigenvalue weighted by Crippen LogP contribution is 2.22. The molecule has 0 saturated heterocycles. The SMILES string of the molecule is Cn1c(SCc2nc(Cl)c3cnn(C)c3n2)n[nH]c1=O. The Bertz CT molecular complexity index is 836. The number of halogens is 1. The maximum Gasteiger partial charge on any atom is 0.343 e. The van der Waals surface area contributed by atoms with Crippen molar-refractivity contribution in [3.05, 3.63) is 27.7 Å².